The van der Waals surface area contributed by atoms with Gasteiger partial charge in [-0.1, -0.05) is 24.5 Å². The Hall–Kier alpha value is -0.900. The molecule has 0 bridgehead atoms. The summed E-state index contributed by atoms with van der Waals surface area (Å²) in [5.41, 5.74) is 8.47. The highest BCUT2D eigenvalue weighted by molar-refractivity contribution is 5.22. The van der Waals surface area contributed by atoms with E-state index in [1.165, 1.54) is 37.8 Å². The largest absolute Gasteiger partial charge is 0.330 e. The van der Waals surface area contributed by atoms with Crippen molar-refractivity contribution in [2.75, 3.05) is 6.54 Å². The number of hydrogen-bond donors (Lipinski definition) is 1. The molecule has 90 valence electrons. The fourth-order valence-electron chi connectivity index (χ4n) is 2.92. The second kappa shape index (κ2) is 4.53. The zero-order valence-corrected chi connectivity index (χ0v) is 10.4. The van der Waals surface area contributed by atoms with Crippen LogP contribution in [0.3, 0.4) is 0 Å². The van der Waals surface area contributed by atoms with Gasteiger partial charge in [-0.25, -0.2) is 4.68 Å². The van der Waals surface area contributed by atoms with Gasteiger partial charge in [-0.05, 0) is 26.7 Å². The first-order valence-corrected chi connectivity index (χ1v) is 6.34. The molecule has 0 aliphatic heterocycles. The monoisotopic (exact) mass is 222 g/mol. The van der Waals surface area contributed by atoms with E-state index in [0.29, 0.717) is 6.54 Å². The van der Waals surface area contributed by atoms with Crippen molar-refractivity contribution in [3.05, 3.63) is 11.4 Å². The molecule has 1 aromatic rings. The zero-order chi connectivity index (χ0) is 11.6. The molecule has 16 heavy (non-hydrogen) atoms. The van der Waals surface area contributed by atoms with E-state index in [2.05, 4.69) is 24.2 Å². The van der Waals surface area contributed by atoms with Crippen molar-refractivity contribution < 1.29 is 0 Å². The molecular weight excluding hydrogens is 200 g/mol. The van der Waals surface area contributed by atoms with Gasteiger partial charge in [-0.15, -0.1) is 5.10 Å². The van der Waals surface area contributed by atoms with E-state index in [9.17, 15) is 0 Å². The predicted octanol–water partition coefficient (Wildman–Crippen LogP) is 1.77. The molecule has 0 unspecified atom stereocenters. The summed E-state index contributed by atoms with van der Waals surface area (Å²) < 4.78 is 1.97. The first-order valence-electron chi connectivity index (χ1n) is 6.34. The number of aryl methyl sites for hydroxylation is 1. The van der Waals surface area contributed by atoms with Crippen LogP contribution in [0, 0.1) is 6.92 Å². The Morgan fingerprint density at radius 2 is 2.00 bits per heavy atom. The Balaban J connectivity index is 2.35. The van der Waals surface area contributed by atoms with Gasteiger partial charge in [0.15, 0.2) is 0 Å². The maximum absolute atomic E-state index is 6.01. The highest BCUT2D eigenvalue weighted by Gasteiger charge is 2.36. The second-order valence-electron chi connectivity index (χ2n) is 4.88. The molecule has 0 atom stereocenters. The number of nitrogens with zero attached hydrogens (tertiary/aromatic N) is 3. The van der Waals surface area contributed by atoms with Crippen molar-refractivity contribution in [2.24, 2.45) is 5.73 Å². The minimum Gasteiger partial charge on any atom is -0.330 e. The summed E-state index contributed by atoms with van der Waals surface area (Å²) in [5, 5.41) is 8.60. The summed E-state index contributed by atoms with van der Waals surface area (Å²) in [6.07, 6.45) is 6.23. The lowest BCUT2D eigenvalue weighted by atomic mass is 9.71. The molecule has 2 rings (SSSR count). The Bertz CT molecular complexity index is 350. The molecular formula is C12H22N4. The Morgan fingerprint density at radius 1 is 1.31 bits per heavy atom. The van der Waals surface area contributed by atoms with E-state index in [0.717, 1.165) is 12.2 Å². The van der Waals surface area contributed by atoms with E-state index in [4.69, 9.17) is 5.73 Å². The molecule has 0 aromatic carbocycles. The van der Waals surface area contributed by atoms with Gasteiger partial charge in [-0.3, -0.25) is 0 Å². The number of nitrogens with two attached hydrogens (primary N) is 1. The van der Waals surface area contributed by atoms with Crippen molar-refractivity contribution in [2.45, 2.75) is 57.9 Å². The van der Waals surface area contributed by atoms with Crippen LogP contribution >= 0.6 is 0 Å². The van der Waals surface area contributed by atoms with E-state index in [1.54, 1.807) is 0 Å². The number of hydrogen-bond acceptors (Lipinski definition) is 3. The Morgan fingerprint density at radius 3 is 2.50 bits per heavy atom. The molecule has 1 aliphatic rings. The van der Waals surface area contributed by atoms with E-state index < -0.39 is 0 Å². The van der Waals surface area contributed by atoms with Crippen molar-refractivity contribution in [3.8, 4) is 0 Å². The summed E-state index contributed by atoms with van der Waals surface area (Å²) in [5.74, 6) is 0. The maximum Gasteiger partial charge on any atom is 0.0930 e. The molecule has 1 fully saturated rings. The van der Waals surface area contributed by atoms with Gasteiger partial charge in [0.2, 0.25) is 0 Å². The second-order valence-corrected chi connectivity index (χ2v) is 4.88. The van der Waals surface area contributed by atoms with E-state index in [1.807, 2.05) is 4.68 Å². The van der Waals surface area contributed by atoms with Crippen LogP contribution in [-0.2, 0) is 12.0 Å². The van der Waals surface area contributed by atoms with Crippen molar-refractivity contribution in [1.82, 2.24) is 15.0 Å². The minimum absolute atomic E-state index is 0.107. The smallest absolute Gasteiger partial charge is 0.0930 e. The molecule has 4 heteroatoms. The fraction of sp³-hybridized carbons (Fsp3) is 0.833. The van der Waals surface area contributed by atoms with Crippen LogP contribution in [0.25, 0.3) is 0 Å². The third-order valence-electron chi connectivity index (χ3n) is 3.99. The van der Waals surface area contributed by atoms with Crippen LogP contribution in [0.1, 0.15) is 50.4 Å². The van der Waals surface area contributed by atoms with E-state index >= 15 is 0 Å². The number of rotatable bonds is 3. The summed E-state index contributed by atoms with van der Waals surface area (Å²) in [7, 11) is 0. The van der Waals surface area contributed by atoms with Crippen molar-refractivity contribution in [3.63, 3.8) is 0 Å². The third-order valence-corrected chi connectivity index (χ3v) is 3.99. The predicted molar refractivity (Wildman–Crippen MR) is 64.3 cm³/mol. The minimum atomic E-state index is 0.107. The maximum atomic E-state index is 6.01. The molecule has 1 aromatic heterocycles. The lowest BCUT2D eigenvalue weighted by Crippen LogP contribution is -2.38. The van der Waals surface area contributed by atoms with Gasteiger partial charge in [0.1, 0.15) is 0 Å². The molecule has 0 amide bonds. The molecule has 1 aliphatic carbocycles. The van der Waals surface area contributed by atoms with E-state index in [-0.39, 0.29) is 5.41 Å². The standard InChI is InChI=1S/C12H22N4/c1-3-16-10(2)11(14-15-16)12(9-13)7-5-4-6-8-12/h3-9,13H2,1-2H3. The topological polar surface area (TPSA) is 56.7 Å². The molecule has 1 saturated carbocycles. The highest BCUT2D eigenvalue weighted by atomic mass is 15.4. The van der Waals surface area contributed by atoms with Crippen molar-refractivity contribution >= 4 is 0 Å². The fourth-order valence-corrected chi connectivity index (χ4v) is 2.92. The van der Waals surface area contributed by atoms with Gasteiger partial charge in [0, 0.05) is 18.5 Å². The van der Waals surface area contributed by atoms with Gasteiger partial charge in [0.05, 0.1) is 11.4 Å². The summed E-state index contributed by atoms with van der Waals surface area (Å²) in [4.78, 5) is 0. The van der Waals surface area contributed by atoms with Crippen LogP contribution < -0.4 is 5.73 Å². The Kier molecular flexibility index (Phi) is 3.28. The van der Waals surface area contributed by atoms with Gasteiger partial charge < -0.3 is 5.73 Å². The average Bonchev–Trinajstić information content (AvgIpc) is 2.72. The molecule has 0 spiro atoms. The lowest BCUT2D eigenvalue weighted by Gasteiger charge is -2.34. The summed E-state index contributed by atoms with van der Waals surface area (Å²) >= 11 is 0. The van der Waals surface area contributed by atoms with Crippen LogP contribution in [-0.4, -0.2) is 21.5 Å². The highest BCUT2D eigenvalue weighted by Crippen LogP contribution is 2.38. The quantitative estimate of drug-likeness (QED) is 0.848. The van der Waals surface area contributed by atoms with Gasteiger partial charge in [-0.2, -0.15) is 0 Å². The Labute approximate surface area is 97.2 Å². The van der Waals surface area contributed by atoms with Gasteiger partial charge >= 0.3 is 0 Å². The average molecular weight is 222 g/mol. The zero-order valence-electron chi connectivity index (χ0n) is 10.4. The van der Waals surface area contributed by atoms with Crippen LogP contribution in [0.4, 0.5) is 0 Å². The summed E-state index contributed by atoms with van der Waals surface area (Å²) in [6.45, 7) is 5.81. The molecule has 1 heterocycles. The van der Waals surface area contributed by atoms with Crippen LogP contribution in [0.15, 0.2) is 0 Å². The normalized spacial score (nSPS) is 19.9. The molecule has 0 radical (unpaired) electrons. The van der Waals surface area contributed by atoms with Crippen LogP contribution in [0.2, 0.25) is 0 Å². The third kappa shape index (κ3) is 1.75. The first-order chi connectivity index (χ1) is 7.73. The van der Waals surface area contributed by atoms with Crippen molar-refractivity contribution in [1.29, 1.82) is 0 Å². The molecule has 4 nitrogen and oxygen atoms in total. The van der Waals surface area contributed by atoms with Gasteiger partial charge in [0.25, 0.3) is 0 Å². The molecule has 0 saturated heterocycles. The summed E-state index contributed by atoms with van der Waals surface area (Å²) in [6, 6.07) is 0. The number of aromatic nitrogens is 3. The molecule has 2 N–H and O–H groups in total. The first kappa shape index (κ1) is 11.6. The lowest BCUT2D eigenvalue weighted by molar-refractivity contribution is 0.292. The SMILES string of the molecule is CCn1nnc(C2(CN)CCCCC2)c1C. The van der Waals surface area contributed by atoms with Crippen LogP contribution in [0.5, 0.6) is 0 Å².